The van der Waals surface area contributed by atoms with Crippen LogP contribution < -0.4 is 0 Å². The van der Waals surface area contributed by atoms with Gasteiger partial charge in [0.2, 0.25) is 0 Å². The first kappa shape index (κ1) is 6.55. The summed E-state index contributed by atoms with van der Waals surface area (Å²) in [6.45, 7) is 0. The summed E-state index contributed by atoms with van der Waals surface area (Å²) < 4.78 is 0. The van der Waals surface area contributed by atoms with Gasteiger partial charge >= 0.3 is 0 Å². The number of carbonyl (C=O) groups is 1. The Balaban J connectivity index is 2.60. The first-order chi connectivity index (χ1) is 5.29. The minimum atomic E-state index is -0.571. The van der Waals surface area contributed by atoms with E-state index in [2.05, 4.69) is 0 Å². The topological polar surface area (TPSA) is 37.3 Å². The van der Waals surface area contributed by atoms with Gasteiger partial charge in [0.05, 0.1) is 6.10 Å². The molecule has 0 aliphatic heterocycles. The highest BCUT2D eigenvalue weighted by atomic mass is 16.3. The fourth-order valence-corrected chi connectivity index (χ4v) is 1.44. The molecule has 1 aromatic carbocycles. The third-order valence-corrected chi connectivity index (χ3v) is 2.00. The van der Waals surface area contributed by atoms with Crippen LogP contribution >= 0.6 is 0 Å². The number of ketones is 1. The van der Waals surface area contributed by atoms with Gasteiger partial charge in [-0.25, -0.2) is 0 Å². The molecule has 1 aliphatic rings. The van der Waals surface area contributed by atoms with E-state index in [1.54, 1.807) is 12.1 Å². The van der Waals surface area contributed by atoms with E-state index in [4.69, 9.17) is 0 Å². The van der Waals surface area contributed by atoms with Crippen LogP contribution in [0.1, 0.15) is 28.4 Å². The van der Waals surface area contributed by atoms with Gasteiger partial charge in [0, 0.05) is 12.0 Å². The summed E-state index contributed by atoms with van der Waals surface area (Å²) in [4.78, 5) is 11.1. The Kier molecular flexibility index (Phi) is 1.29. The predicted molar refractivity (Wildman–Crippen MR) is 40.3 cm³/mol. The summed E-state index contributed by atoms with van der Waals surface area (Å²) in [5, 5.41) is 9.33. The molecular formula is C9H8O2. The average molecular weight is 148 g/mol. The van der Waals surface area contributed by atoms with Crippen molar-refractivity contribution >= 4 is 5.78 Å². The number of Topliss-reactive ketones (excluding diaryl/α,β-unsaturated/α-hetero) is 1. The van der Waals surface area contributed by atoms with Gasteiger partial charge in [0.1, 0.15) is 0 Å². The van der Waals surface area contributed by atoms with Crippen LogP contribution in [-0.4, -0.2) is 10.9 Å². The predicted octanol–water partition coefficient (Wildman–Crippen LogP) is 1.31. The highest BCUT2D eigenvalue weighted by molar-refractivity contribution is 6.00. The Bertz CT molecular complexity index is 304. The van der Waals surface area contributed by atoms with Crippen LogP contribution in [0.25, 0.3) is 0 Å². The maximum atomic E-state index is 11.1. The molecule has 2 heteroatoms. The summed E-state index contributed by atoms with van der Waals surface area (Å²) >= 11 is 0. The number of hydrogen-bond donors (Lipinski definition) is 1. The van der Waals surface area contributed by atoms with Gasteiger partial charge < -0.3 is 5.11 Å². The fourth-order valence-electron chi connectivity index (χ4n) is 1.44. The zero-order valence-electron chi connectivity index (χ0n) is 5.95. The minimum Gasteiger partial charge on any atom is -0.388 e. The van der Waals surface area contributed by atoms with Crippen LogP contribution in [0.5, 0.6) is 0 Å². The summed E-state index contributed by atoms with van der Waals surface area (Å²) in [6.07, 6.45) is -0.321. The average Bonchev–Trinajstić information content (AvgIpc) is 2.30. The molecule has 1 aromatic rings. The maximum absolute atomic E-state index is 11.1. The summed E-state index contributed by atoms with van der Waals surface area (Å²) in [7, 11) is 0. The molecule has 0 saturated carbocycles. The fraction of sp³-hybridized carbons (Fsp3) is 0.222. The third-order valence-electron chi connectivity index (χ3n) is 2.00. The number of carbonyl (C=O) groups excluding carboxylic acids is 1. The van der Waals surface area contributed by atoms with Crippen molar-refractivity contribution in [1.29, 1.82) is 0 Å². The van der Waals surface area contributed by atoms with Crippen LogP contribution in [-0.2, 0) is 0 Å². The van der Waals surface area contributed by atoms with Crippen LogP contribution in [0, 0.1) is 0 Å². The van der Waals surface area contributed by atoms with Gasteiger partial charge in [-0.15, -0.1) is 0 Å². The zero-order chi connectivity index (χ0) is 7.84. The lowest BCUT2D eigenvalue weighted by molar-refractivity contribution is 0.0930. The van der Waals surface area contributed by atoms with Gasteiger partial charge in [-0.2, -0.15) is 0 Å². The largest absolute Gasteiger partial charge is 0.388 e. The van der Waals surface area contributed by atoms with Gasteiger partial charge in [0.25, 0.3) is 0 Å². The van der Waals surface area contributed by atoms with E-state index < -0.39 is 6.10 Å². The molecule has 0 heterocycles. The molecule has 2 rings (SSSR count). The van der Waals surface area contributed by atoms with E-state index in [1.807, 2.05) is 12.1 Å². The Morgan fingerprint density at radius 2 is 2.09 bits per heavy atom. The quantitative estimate of drug-likeness (QED) is 0.602. The molecule has 0 bridgehead atoms. The van der Waals surface area contributed by atoms with E-state index in [9.17, 15) is 9.90 Å². The number of hydrogen-bond acceptors (Lipinski definition) is 2. The minimum absolute atomic E-state index is 0.0492. The van der Waals surface area contributed by atoms with Crippen LogP contribution in [0.4, 0.5) is 0 Å². The lowest BCUT2D eigenvalue weighted by atomic mass is 10.1. The Morgan fingerprint density at radius 1 is 1.36 bits per heavy atom. The molecule has 0 aromatic heterocycles. The van der Waals surface area contributed by atoms with E-state index in [0.29, 0.717) is 5.56 Å². The smallest absolute Gasteiger partial charge is 0.166 e. The molecule has 0 spiro atoms. The van der Waals surface area contributed by atoms with E-state index >= 15 is 0 Å². The second-order valence-corrected chi connectivity index (χ2v) is 2.73. The van der Waals surface area contributed by atoms with Crippen molar-refractivity contribution in [2.45, 2.75) is 12.5 Å². The van der Waals surface area contributed by atoms with Crippen molar-refractivity contribution in [3.63, 3.8) is 0 Å². The van der Waals surface area contributed by atoms with Crippen molar-refractivity contribution < 1.29 is 9.90 Å². The number of rotatable bonds is 0. The first-order valence-corrected chi connectivity index (χ1v) is 3.59. The van der Waals surface area contributed by atoms with Crippen LogP contribution in [0.2, 0.25) is 0 Å². The van der Waals surface area contributed by atoms with Crippen molar-refractivity contribution in [2.24, 2.45) is 0 Å². The molecule has 1 atom stereocenters. The first-order valence-electron chi connectivity index (χ1n) is 3.59. The molecule has 0 radical (unpaired) electrons. The second kappa shape index (κ2) is 2.17. The van der Waals surface area contributed by atoms with E-state index in [1.165, 1.54) is 0 Å². The lowest BCUT2D eigenvalue weighted by Gasteiger charge is -1.99. The van der Waals surface area contributed by atoms with Crippen LogP contribution in [0.3, 0.4) is 0 Å². The van der Waals surface area contributed by atoms with Crippen LogP contribution in [0.15, 0.2) is 24.3 Å². The molecule has 1 N–H and O–H groups in total. The number of benzene rings is 1. The summed E-state index contributed by atoms with van der Waals surface area (Å²) in [5.74, 6) is 0.0492. The zero-order valence-corrected chi connectivity index (χ0v) is 5.95. The van der Waals surface area contributed by atoms with Gasteiger partial charge in [-0.1, -0.05) is 24.3 Å². The third kappa shape index (κ3) is 0.870. The van der Waals surface area contributed by atoms with Gasteiger partial charge in [-0.05, 0) is 5.56 Å². The highest BCUT2D eigenvalue weighted by Crippen LogP contribution is 2.29. The molecule has 11 heavy (non-hydrogen) atoms. The molecule has 0 amide bonds. The van der Waals surface area contributed by atoms with E-state index in [-0.39, 0.29) is 12.2 Å². The normalized spacial score (nSPS) is 21.9. The van der Waals surface area contributed by atoms with Crippen molar-refractivity contribution in [3.05, 3.63) is 35.4 Å². The Labute approximate surface area is 64.5 Å². The molecular weight excluding hydrogens is 140 g/mol. The molecule has 56 valence electrons. The highest BCUT2D eigenvalue weighted by Gasteiger charge is 2.26. The molecule has 1 aliphatic carbocycles. The van der Waals surface area contributed by atoms with Gasteiger partial charge in [-0.3, -0.25) is 4.79 Å². The maximum Gasteiger partial charge on any atom is 0.166 e. The number of fused-ring (bicyclic) bond motifs is 1. The lowest BCUT2D eigenvalue weighted by Crippen LogP contribution is -1.90. The standard InChI is InChI=1S/C9H8O2/c10-8-5-9(11)7-4-2-1-3-6(7)8/h1-4,8,10H,5H2/t8-/m1/s1. The Hall–Kier alpha value is -1.15. The van der Waals surface area contributed by atoms with Crippen molar-refractivity contribution in [3.8, 4) is 0 Å². The molecule has 0 unspecified atom stereocenters. The SMILES string of the molecule is O=C1C[C@@H](O)c2ccccc21. The summed E-state index contributed by atoms with van der Waals surface area (Å²) in [5.41, 5.74) is 1.46. The number of aliphatic hydroxyl groups excluding tert-OH is 1. The summed E-state index contributed by atoms with van der Waals surface area (Å²) in [6, 6.07) is 7.20. The Morgan fingerprint density at radius 3 is 2.82 bits per heavy atom. The number of aliphatic hydroxyl groups is 1. The van der Waals surface area contributed by atoms with Crippen molar-refractivity contribution in [1.82, 2.24) is 0 Å². The molecule has 0 saturated heterocycles. The monoisotopic (exact) mass is 148 g/mol. The van der Waals surface area contributed by atoms with Crippen molar-refractivity contribution in [2.75, 3.05) is 0 Å². The van der Waals surface area contributed by atoms with Gasteiger partial charge in [0.15, 0.2) is 5.78 Å². The van der Waals surface area contributed by atoms with E-state index in [0.717, 1.165) is 5.56 Å². The molecule has 2 nitrogen and oxygen atoms in total. The second-order valence-electron chi connectivity index (χ2n) is 2.73. The molecule has 0 fully saturated rings.